The molecule has 1 heterocycles. The van der Waals surface area contributed by atoms with Gasteiger partial charge in [0.15, 0.2) is 0 Å². The van der Waals surface area contributed by atoms with Crippen molar-refractivity contribution in [2.75, 3.05) is 0 Å². The van der Waals surface area contributed by atoms with Gasteiger partial charge in [0.25, 0.3) is 0 Å². The lowest BCUT2D eigenvalue weighted by Crippen LogP contribution is -2.13. The Bertz CT molecular complexity index is 505. The molecule has 0 radical (unpaired) electrons. The van der Waals surface area contributed by atoms with E-state index in [1.807, 2.05) is 6.92 Å². The number of thiazole rings is 1. The van der Waals surface area contributed by atoms with Gasteiger partial charge in [-0.25, -0.2) is 4.98 Å². The summed E-state index contributed by atoms with van der Waals surface area (Å²) in [5.41, 5.74) is 9.96. The lowest BCUT2D eigenvalue weighted by molar-refractivity contribution is 0.707. The van der Waals surface area contributed by atoms with Crippen LogP contribution in [-0.2, 0) is 12.8 Å². The molecule has 96 valence electrons. The standard InChI is InChI=1S/C15H20N2S/c1-3-5-12-6-4-7-13(8-12)15(16)9-14-10-18-11(2)17-14/h4,6-8,10,15H,3,5,9,16H2,1-2H3. The molecule has 2 nitrogen and oxygen atoms in total. The summed E-state index contributed by atoms with van der Waals surface area (Å²) >= 11 is 1.69. The first-order valence-corrected chi connectivity index (χ1v) is 7.32. The van der Waals surface area contributed by atoms with Crippen LogP contribution >= 0.6 is 11.3 Å². The number of benzene rings is 1. The molecule has 0 bridgehead atoms. The quantitative estimate of drug-likeness (QED) is 0.891. The molecule has 2 N–H and O–H groups in total. The van der Waals surface area contributed by atoms with Gasteiger partial charge in [-0.3, -0.25) is 0 Å². The van der Waals surface area contributed by atoms with Crippen LogP contribution < -0.4 is 5.73 Å². The van der Waals surface area contributed by atoms with Crippen molar-refractivity contribution in [1.82, 2.24) is 4.98 Å². The predicted octanol–water partition coefficient (Wildman–Crippen LogP) is 3.65. The Hall–Kier alpha value is -1.19. The fraction of sp³-hybridized carbons (Fsp3) is 0.400. The summed E-state index contributed by atoms with van der Waals surface area (Å²) in [6.07, 6.45) is 3.11. The lowest BCUT2D eigenvalue weighted by Gasteiger charge is -2.12. The summed E-state index contributed by atoms with van der Waals surface area (Å²) in [5, 5.41) is 3.21. The molecule has 0 fully saturated rings. The summed E-state index contributed by atoms with van der Waals surface area (Å²) in [6, 6.07) is 8.67. The van der Waals surface area contributed by atoms with Crippen LogP contribution in [0.4, 0.5) is 0 Å². The van der Waals surface area contributed by atoms with E-state index in [0.29, 0.717) is 0 Å². The van der Waals surface area contributed by atoms with Crippen LogP contribution in [0.1, 0.15) is 41.2 Å². The van der Waals surface area contributed by atoms with E-state index in [9.17, 15) is 0 Å². The van der Waals surface area contributed by atoms with E-state index in [2.05, 4.69) is 41.6 Å². The molecule has 1 unspecified atom stereocenters. The summed E-state index contributed by atoms with van der Waals surface area (Å²) in [6.45, 7) is 4.23. The monoisotopic (exact) mass is 260 g/mol. The number of nitrogens with zero attached hydrogens (tertiary/aromatic N) is 1. The first-order valence-electron chi connectivity index (χ1n) is 6.44. The van der Waals surface area contributed by atoms with Crippen molar-refractivity contribution in [1.29, 1.82) is 0 Å². The molecule has 0 saturated carbocycles. The third-order valence-electron chi connectivity index (χ3n) is 3.01. The Morgan fingerprint density at radius 2 is 2.22 bits per heavy atom. The van der Waals surface area contributed by atoms with Crippen molar-refractivity contribution < 1.29 is 0 Å². The van der Waals surface area contributed by atoms with Gasteiger partial charge in [-0.05, 0) is 24.5 Å². The highest BCUT2D eigenvalue weighted by Gasteiger charge is 2.09. The van der Waals surface area contributed by atoms with Gasteiger partial charge in [-0.1, -0.05) is 37.6 Å². The largest absolute Gasteiger partial charge is 0.324 e. The van der Waals surface area contributed by atoms with Gasteiger partial charge in [0.2, 0.25) is 0 Å². The Morgan fingerprint density at radius 3 is 2.89 bits per heavy atom. The first-order chi connectivity index (χ1) is 8.69. The van der Waals surface area contributed by atoms with Crippen LogP contribution in [0, 0.1) is 6.92 Å². The van der Waals surface area contributed by atoms with E-state index in [1.54, 1.807) is 11.3 Å². The molecule has 0 aliphatic rings. The first kappa shape index (κ1) is 13.2. The Labute approximate surface area is 113 Å². The smallest absolute Gasteiger partial charge is 0.0897 e. The van der Waals surface area contributed by atoms with Gasteiger partial charge in [-0.2, -0.15) is 0 Å². The molecule has 0 amide bonds. The van der Waals surface area contributed by atoms with Crippen LogP contribution in [0.15, 0.2) is 29.6 Å². The number of rotatable bonds is 5. The van der Waals surface area contributed by atoms with Crippen molar-refractivity contribution >= 4 is 11.3 Å². The summed E-state index contributed by atoms with van der Waals surface area (Å²) < 4.78 is 0. The maximum Gasteiger partial charge on any atom is 0.0897 e. The number of nitrogens with two attached hydrogens (primary N) is 1. The second-order valence-corrected chi connectivity index (χ2v) is 5.73. The predicted molar refractivity (Wildman–Crippen MR) is 77.9 cm³/mol. The molecule has 0 saturated heterocycles. The molecular formula is C15H20N2S. The van der Waals surface area contributed by atoms with Gasteiger partial charge in [0, 0.05) is 17.8 Å². The molecule has 18 heavy (non-hydrogen) atoms. The Kier molecular flexibility index (Phi) is 4.50. The molecule has 3 heteroatoms. The molecule has 2 rings (SSSR count). The third kappa shape index (κ3) is 3.40. The average Bonchev–Trinajstić information content (AvgIpc) is 2.75. The van der Waals surface area contributed by atoms with Gasteiger partial charge in [0.1, 0.15) is 0 Å². The maximum absolute atomic E-state index is 6.27. The second-order valence-electron chi connectivity index (χ2n) is 4.66. The molecule has 0 aliphatic carbocycles. The number of hydrogen-bond acceptors (Lipinski definition) is 3. The van der Waals surface area contributed by atoms with Crippen LogP contribution in [0.3, 0.4) is 0 Å². The maximum atomic E-state index is 6.27. The summed E-state index contributed by atoms with van der Waals surface area (Å²) in [5.74, 6) is 0. The van der Waals surface area contributed by atoms with Crippen LogP contribution in [0.25, 0.3) is 0 Å². The van der Waals surface area contributed by atoms with Crippen molar-refractivity contribution in [2.24, 2.45) is 5.73 Å². The SMILES string of the molecule is CCCc1cccc(C(N)Cc2csc(C)n2)c1. The molecule has 1 atom stereocenters. The topological polar surface area (TPSA) is 38.9 Å². The van der Waals surface area contributed by atoms with Crippen molar-refractivity contribution in [3.8, 4) is 0 Å². The summed E-state index contributed by atoms with van der Waals surface area (Å²) in [7, 11) is 0. The minimum Gasteiger partial charge on any atom is -0.324 e. The number of hydrogen-bond donors (Lipinski definition) is 1. The fourth-order valence-corrected chi connectivity index (χ4v) is 2.74. The normalized spacial score (nSPS) is 12.6. The zero-order valence-electron chi connectivity index (χ0n) is 11.0. The van der Waals surface area contributed by atoms with Crippen molar-refractivity contribution in [3.63, 3.8) is 0 Å². The second kappa shape index (κ2) is 6.12. The number of aromatic nitrogens is 1. The molecule has 1 aromatic carbocycles. The fourth-order valence-electron chi connectivity index (χ4n) is 2.11. The van der Waals surface area contributed by atoms with E-state index in [-0.39, 0.29) is 6.04 Å². The third-order valence-corrected chi connectivity index (χ3v) is 3.84. The van der Waals surface area contributed by atoms with E-state index in [4.69, 9.17) is 5.73 Å². The minimum absolute atomic E-state index is 0.0447. The van der Waals surface area contributed by atoms with Gasteiger partial charge in [-0.15, -0.1) is 11.3 Å². The molecule has 0 aliphatic heterocycles. The average molecular weight is 260 g/mol. The zero-order chi connectivity index (χ0) is 13.0. The van der Waals surface area contributed by atoms with E-state index in [0.717, 1.165) is 23.5 Å². The van der Waals surface area contributed by atoms with Crippen LogP contribution in [-0.4, -0.2) is 4.98 Å². The highest BCUT2D eigenvalue weighted by Crippen LogP contribution is 2.19. The van der Waals surface area contributed by atoms with E-state index < -0.39 is 0 Å². The highest BCUT2D eigenvalue weighted by molar-refractivity contribution is 7.09. The Balaban J connectivity index is 2.08. The van der Waals surface area contributed by atoms with Crippen LogP contribution in [0.5, 0.6) is 0 Å². The number of aryl methyl sites for hydroxylation is 2. The molecular weight excluding hydrogens is 240 g/mol. The zero-order valence-corrected chi connectivity index (χ0v) is 11.8. The van der Waals surface area contributed by atoms with Gasteiger partial charge < -0.3 is 5.73 Å². The molecule has 2 aromatic rings. The molecule has 0 spiro atoms. The highest BCUT2D eigenvalue weighted by atomic mass is 32.1. The van der Waals surface area contributed by atoms with Crippen LogP contribution in [0.2, 0.25) is 0 Å². The minimum atomic E-state index is 0.0447. The lowest BCUT2D eigenvalue weighted by atomic mass is 9.99. The summed E-state index contributed by atoms with van der Waals surface area (Å²) in [4.78, 5) is 4.47. The van der Waals surface area contributed by atoms with Gasteiger partial charge >= 0.3 is 0 Å². The Morgan fingerprint density at radius 1 is 1.39 bits per heavy atom. The van der Waals surface area contributed by atoms with Crippen molar-refractivity contribution in [3.05, 3.63) is 51.5 Å². The molecule has 1 aromatic heterocycles. The van der Waals surface area contributed by atoms with Gasteiger partial charge in [0.05, 0.1) is 10.7 Å². The van der Waals surface area contributed by atoms with E-state index in [1.165, 1.54) is 17.5 Å². The van der Waals surface area contributed by atoms with Crippen molar-refractivity contribution in [2.45, 2.75) is 39.2 Å². The van der Waals surface area contributed by atoms with E-state index >= 15 is 0 Å².